The second-order valence-corrected chi connectivity index (χ2v) is 6.55. The summed E-state index contributed by atoms with van der Waals surface area (Å²) in [7, 11) is 1.67. The van der Waals surface area contributed by atoms with Crippen molar-refractivity contribution >= 4 is 17.8 Å². The Balaban J connectivity index is 1.78. The molecule has 0 saturated carbocycles. The lowest BCUT2D eigenvalue weighted by Crippen LogP contribution is -2.44. The highest BCUT2D eigenvalue weighted by atomic mass is 19.1. The van der Waals surface area contributed by atoms with E-state index in [0.717, 1.165) is 11.3 Å². The van der Waals surface area contributed by atoms with Crippen LogP contribution in [0.15, 0.2) is 48.7 Å². The minimum Gasteiger partial charge on any atom is -0.465 e. The van der Waals surface area contributed by atoms with Gasteiger partial charge in [-0.2, -0.15) is 5.10 Å². The number of benzene rings is 1. The van der Waals surface area contributed by atoms with Crippen molar-refractivity contribution in [1.29, 1.82) is 0 Å². The quantitative estimate of drug-likeness (QED) is 0.593. The summed E-state index contributed by atoms with van der Waals surface area (Å²) in [5, 5.41) is 18.4. The van der Waals surface area contributed by atoms with Crippen LogP contribution in [0.4, 0.5) is 15.0 Å². The summed E-state index contributed by atoms with van der Waals surface area (Å²) in [6.45, 7) is 1.87. The van der Waals surface area contributed by atoms with E-state index in [0.29, 0.717) is 17.1 Å². The number of anilines is 1. The van der Waals surface area contributed by atoms with Crippen LogP contribution in [0.25, 0.3) is 11.3 Å². The number of aryl methyl sites for hydroxylation is 2. The van der Waals surface area contributed by atoms with E-state index in [1.54, 1.807) is 19.3 Å². The topological polar surface area (TPSA) is 109 Å². The molecule has 0 aliphatic heterocycles. The Labute approximate surface area is 166 Å². The fourth-order valence-corrected chi connectivity index (χ4v) is 2.86. The normalized spacial score (nSPS) is 11.7. The molecular formula is C20H20FN5O3. The Morgan fingerprint density at radius 3 is 2.59 bits per heavy atom. The summed E-state index contributed by atoms with van der Waals surface area (Å²) in [5.74, 6) is -0.539. The monoisotopic (exact) mass is 397 g/mol. The second-order valence-electron chi connectivity index (χ2n) is 6.55. The molecule has 3 N–H and O–H groups in total. The van der Waals surface area contributed by atoms with E-state index in [1.807, 2.05) is 19.1 Å². The average Bonchev–Trinajstić information content (AvgIpc) is 3.03. The third-order valence-electron chi connectivity index (χ3n) is 4.29. The molecule has 3 aromatic rings. The molecule has 0 spiro atoms. The molecule has 0 aliphatic rings. The van der Waals surface area contributed by atoms with Crippen molar-refractivity contribution < 1.29 is 19.1 Å². The minimum absolute atomic E-state index is 0.0761. The number of pyridine rings is 1. The van der Waals surface area contributed by atoms with E-state index in [2.05, 4.69) is 20.7 Å². The molecular weight excluding hydrogens is 377 g/mol. The van der Waals surface area contributed by atoms with E-state index in [9.17, 15) is 14.0 Å². The van der Waals surface area contributed by atoms with Gasteiger partial charge in [0.25, 0.3) is 0 Å². The van der Waals surface area contributed by atoms with Gasteiger partial charge in [0.2, 0.25) is 5.91 Å². The van der Waals surface area contributed by atoms with Gasteiger partial charge in [-0.3, -0.25) is 14.5 Å². The second kappa shape index (κ2) is 8.51. The molecule has 0 saturated heterocycles. The number of hydrogen-bond acceptors (Lipinski definition) is 4. The molecule has 1 aromatic carbocycles. The lowest BCUT2D eigenvalue weighted by atomic mass is 10.1. The summed E-state index contributed by atoms with van der Waals surface area (Å²) in [4.78, 5) is 28.0. The zero-order valence-electron chi connectivity index (χ0n) is 15.9. The number of nitrogens with zero attached hydrogens (tertiary/aromatic N) is 3. The lowest BCUT2D eigenvalue weighted by molar-refractivity contribution is -0.118. The molecule has 150 valence electrons. The number of carbonyl (C=O) groups excluding carboxylic acids is 1. The van der Waals surface area contributed by atoms with Crippen molar-refractivity contribution in [2.45, 2.75) is 19.4 Å². The summed E-state index contributed by atoms with van der Waals surface area (Å²) < 4.78 is 14.6. The number of nitrogens with one attached hydrogen (secondary N) is 2. The highest BCUT2D eigenvalue weighted by molar-refractivity contribution is 5.96. The summed E-state index contributed by atoms with van der Waals surface area (Å²) in [6.07, 6.45) is 0.421. The highest BCUT2D eigenvalue weighted by Crippen LogP contribution is 2.21. The van der Waals surface area contributed by atoms with Crippen molar-refractivity contribution in [3.63, 3.8) is 0 Å². The molecule has 0 fully saturated rings. The number of aromatic nitrogens is 3. The van der Waals surface area contributed by atoms with E-state index in [-0.39, 0.29) is 6.42 Å². The van der Waals surface area contributed by atoms with Gasteiger partial charge in [0, 0.05) is 37.0 Å². The first-order chi connectivity index (χ1) is 13.8. The van der Waals surface area contributed by atoms with Crippen molar-refractivity contribution in [2.75, 3.05) is 5.32 Å². The molecule has 2 heterocycles. The van der Waals surface area contributed by atoms with Gasteiger partial charge < -0.3 is 15.7 Å². The summed E-state index contributed by atoms with van der Waals surface area (Å²) in [5.41, 5.74) is 2.96. The number of carboxylic acid groups (broad SMARTS) is 1. The Morgan fingerprint density at radius 2 is 1.93 bits per heavy atom. The van der Waals surface area contributed by atoms with Crippen LogP contribution in [0.2, 0.25) is 0 Å². The minimum atomic E-state index is -1.33. The molecule has 3 rings (SSSR count). The van der Waals surface area contributed by atoms with Crippen molar-refractivity contribution in [1.82, 2.24) is 20.1 Å². The molecule has 0 bridgehead atoms. The van der Waals surface area contributed by atoms with E-state index in [1.165, 1.54) is 28.9 Å². The van der Waals surface area contributed by atoms with E-state index >= 15 is 0 Å². The number of hydrogen-bond donors (Lipinski definition) is 3. The SMILES string of the molecule is Cc1cc(-c2cc(NC(=O)[C@H](Cc3ccc(F)cc3)NC(=O)O)n(C)n2)ccn1. The van der Waals surface area contributed by atoms with Crippen LogP contribution >= 0.6 is 0 Å². The van der Waals surface area contributed by atoms with Gasteiger partial charge in [-0.05, 0) is 36.8 Å². The van der Waals surface area contributed by atoms with Crippen molar-refractivity contribution in [2.24, 2.45) is 7.05 Å². The number of amides is 2. The molecule has 1 atom stereocenters. The molecule has 2 aromatic heterocycles. The summed E-state index contributed by atoms with van der Waals surface area (Å²) in [6, 6.07) is 9.86. The van der Waals surface area contributed by atoms with Gasteiger partial charge in [-0.25, -0.2) is 9.18 Å². The van der Waals surface area contributed by atoms with E-state index < -0.39 is 23.9 Å². The van der Waals surface area contributed by atoms with Gasteiger partial charge in [-0.15, -0.1) is 0 Å². The zero-order chi connectivity index (χ0) is 21.0. The van der Waals surface area contributed by atoms with Crippen LogP contribution in [0, 0.1) is 12.7 Å². The average molecular weight is 397 g/mol. The predicted molar refractivity (Wildman–Crippen MR) is 105 cm³/mol. The largest absolute Gasteiger partial charge is 0.465 e. The van der Waals surface area contributed by atoms with Crippen LogP contribution in [0.3, 0.4) is 0 Å². The molecule has 9 heteroatoms. The first-order valence-electron chi connectivity index (χ1n) is 8.83. The maximum Gasteiger partial charge on any atom is 0.405 e. The Kier molecular flexibility index (Phi) is 5.87. The molecule has 0 radical (unpaired) electrons. The standard InChI is InChI=1S/C20H20FN5O3/c1-12-9-14(7-8-22-12)16-11-18(26(2)25-16)24-19(27)17(23-20(28)29)10-13-3-5-15(21)6-4-13/h3-9,11,17,23H,10H2,1-2H3,(H,24,27)(H,28,29)/t17-/m0/s1. The number of carbonyl (C=O) groups is 2. The molecule has 2 amide bonds. The van der Waals surface area contributed by atoms with Gasteiger partial charge in [0.05, 0.1) is 5.69 Å². The maximum absolute atomic E-state index is 13.1. The van der Waals surface area contributed by atoms with Gasteiger partial charge in [-0.1, -0.05) is 12.1 Å². The van der Waals surface area contributed by atoms with Crippen molar-refractivity contribution in [3.8, 4) is 11.3 Å². The molecule has 29 heavy (non-hydrogen) atoms. The van der Waals surface area contributed by atoms with Gasteiger partial charge >= 0.3 is 6.09 Å². The maximum atomic E-state index is 13.1. The first kappa shape index (κ1) is 20.0. The highest BCUT2D eigenvalue weighted by Gasteiger charge is 2.22. The van der Waals surface area contributed by atoms with Crippen LogP contribution in [0.5, 0.6) is 0 Å². The Morgan fingerprint density at radius 1 is 1.21 bits per heavy atom. The van der Waals surface area contributed by atoms with Gasteiger partial charge in [0.15, 0.2) is 0 Å². The smallest absolute Gasteiger partial charge is 0.405 e. The molecule has 0 aliphatic carbocycles. The first-order valence-corrected chi connectivity index (χ1v) is 8.83. The van der Waals surface area contributed by atoms with Gasteiger partial charge in [0.1, 0.15) is 17.7 Å². The fraction of sp³-hybridized carbons (Fsp3) is 0.200. The zero-order valence-corrected chi connectivity index (χ0v) is 15.9. The molecule has 0 unspecified atom stereocenters. The Hall–Kier alpha value is -3.75. The van der Waals surface area contributed by atoms with Crippen LogP contribution < -0.4 is 10.6 Å². The fourth-order valence-electron chi connectivity index (χ4n) is 2.86. The van der Waals surface area contributed by atoms with Crippen LogP contribution in [0.1, 0.15) is 11.3 Å². The predicted octanol–water partition coefficient (Wildman–Crippen LogP) is 2.75. The third-order valence-corrected chi connectivity index (χ3v) is 4.29. The van der Waals surface area contributed by atoms with Crippen LogP contribution in [-0.2, 0) is 18.3 Å². The van der Waals surface area contributed by atoms with E-state index in [4.69, 9.17) is 5.11 Å². The molecule has 8 nitrogen and oxygen atoms in total. The van der Waals surface area contributed by atoms with Crippen LogP contribution in [-0.4, -0.2) is 37.9 Å². The van der Waals surface area contributed by atoms with Crippen molar-refractivity contribution in [3.05, 3.63) is 65.7 Å². The number of halogens is 1. The summed E-state index contributed by atoms with van der Waals surface area (Å²) >= 11 is 0. The lowest BCUT2D eigenvalue weighted by Gasteiger charge is -2.17. The Bertz CT molecular complexity index is 1030. The third kappa shape index (κ3) is 5.16. The number of rotatable bonds is 6.